The highest BCUT2D eigenvalue weighted by atomic mass is 35.5. The Morgan fingerprint density at radius 1 is 1.32 bits per heavy atom. The third-order valence-corrected chi connectivity index (χ3v) is 4.25. The molecule has 0 bridgehead atoms. The number of carbonyl (C=O) groups excluding carboxylic acids is 1. The molecule has 0 atom stereocenters. The van der Waals surface area contributed by atoms with Crippen LogP contribution in [0.5, 0.6) is 0 Å². The van der Waals surface area contributed by atoms with Crippen LogP contribution in [0.4, 0.5) is 0 Å². The van der Waals surface area contributed by atoms with Gasteiger partial charge in [-0.1, -0.05) is 25.4 Å². The maximum Gasteiger partial charge on any atom is 0.246 e. The standard InChI is InChI=1S/C16H25ClN4O/c1-12(2)11-21-16(17)14(13(3)18-21)5-6-15(22)20-9-7-19(4)8-10-20/h5-6,12H,7-11H2,1-4H3/b6-5+. The number of carbonyl (C=O) groups is 1. The van der Waals surface area contributed by atoms with Gasteiger partial charge in [-0.05, 0) is 26.0 Å². The number of rotatable bonds is 4. The molecular weight excluding hydrogens is 300 g/mol. The van der Waals surface area contributed by atoms with E-state index >= 15 is 0 Å². The molecule has 0 aliphatic carbocycles. The molecule has 1 saturated heterocycles. The van der Waals surface area contributed by atoms with Gasteiger partial charge in [0.25, 0.3) is 0 Å². The molecule has 1 aromatic rings. The van der Waals surface area contributed by atoms with Crippen molar-refractivity contribution >= 4 is 23.6 Å². The van der Waals surface area contributed by atoms with E-state index in [4.69, 9.17) is 11.6 Å². The molecule has 2 heterocycles. The van der Waals surface area contributed by atoms with Crippen LogP contribution < -0.4 is 0 Å². The molecule has 0 radical (unpaired) electrons. The molecular formula is C16H25ClN4O. The van der Waals surface area contributed by atoms with E-state index in [1.54, 1.807) is 12.2 Å². The van der Waals surface area contributed by atoms with Crippen molar-refractivity contribution < 1.29 is 4.79 Å². The number of piperazine rings is 1. The Hall–Kier alpha value is -1.33. The van der Waals surface area contributed by atoms with Gasteiger partial charge in [0.05, 0.1) is 5.69 Å². The van der Waals surface area contributed by atoms with Crippen LogP contribution in [0, 0.1) is 12.8 Å². The third-order valence-electron chi connectivity index (χ3n) is 3.85. The van der Waals surface area contributed by atoms with Gasteiger partial charge in [-0.2, -0.15) is 5.10 Å². The Labute approximate surface area is 137 Å². The van der Waals surface area contributed by atoms with Crippen LogP contribution in [0.25, 0.3) is 6.08 Å². The molecule has 0 aromatic carbocycles. The van der Waals surface area contributed by atoms with Gasteiger partial charge >= 0.3 is 0 Å². The molecule has 122 valence electrons. The van der Waals surface area contributed by atoms with Gasteiger partial charge in [0, 0.05) is 44.4 Å². The maximum absolute atomic E-state index is 12.2. The first-order valence-corrected chi connectivity index (χ1v) is 8.14. The summed E-state index contributed by atoms with van der Waals surface area (Å²) in [5, 5.41) is 5.06. The van der Waals surface area contributed by atoms with Crippen LogP contribution in [0.15, 0.2) is 6.08 Å². The second kappa shape index (κ2) is 7.29. The second-order valence-electron chi connectivity index (χ2n) is 6.33. The quantitative estimate of drug-likeness (QED) is 0.798. The van der Waals surface area contributed by atoms with Crippen LogP contribution in [0.3, 0.4) is 0 Å². The van der Waals surface area contributed by atoms with Crippen molar-refractivity contribution in [2.75, 3.05) is 33.2 Å². The van der Waals surface area contributed by atoms with Crippen LogP contribution in [0.2, 0.25) is 5.15 Å². The van der Waals surface area contributed by atoms with Gasteiger partial charge < -0.3 is 9.80 Å². The zero-order valence-electron chi connectivity index (χ0n) is 13.8. The summed E-state index contributed by atoms with van der Waals surface area (Å²) in [6, 6.07) is 0. The topological polar surface area (TPSA) is 41.4 Å². The Bertz CT molecular complexity index is 557. The van der Waals surface area contributed by atoms with E-state index in [9.17, 15) is 4.79 Å². The fourth-order valence-corrected chi connectivity index (χ4v) is 2.82. The number of halogens is 1. The van der Waals surface area contributed by atoms with Gasteiger partial charge in [0.2, 0.25) is 5.91 Å². The molecule has 2 rings (SSSR count). The molecule has 0 saturated carbocycles. The minimum atomic E-state index is 0.0418. The summed E-state index contributed by atoms with van der Waals surface area (Å²) in [6.07, 6.45) is 3.41. The molecule has 0 N–H and O–H groups in total. The lowest BCUT2D eigenvalue weighted by molar-refractivity contribution is -0.127. The van der Waals surface area contributed by atoms with Crippen LogP contribution in [0.1, 0.15) is 25.1 Å². The number of aromatic nitrogens is 2. The Kier molecular flexibility index (Phi) is 5.64. The van der Waals surface area contributed by atoms with Crippen molar-refractivity contribution in [2.45, 2.75) is 27.3 Å². The van der Waals surface area contributed by atoms with Gasteiger partial charge in [0.15, 0.2) is 0 Å². The summed E-state index contributed by atoms with van der Waals surface area (Å²) in [4.78, 5) is 16.3. The minimum Gasteiger partial charge on any atom is -0.337 e. The molecule has 1 aliphatic heterocycles. The first-order chi connectivity index (χ1) is 10.4. The van der Waals surface area contributed by atoms with Crippen LogP contribution in [-0.2, 0) is 11.3 Å². The summed E-state index contributed by atoms with van der Waals surface area (Å²) >= 11 is 6.38. The van der Waals surface area contributed by atoms with E-state index in [2.05, 4.69) is 30.9 Å². The highest BCUT2D eigenvalue weighted by Crippen LogP contribution is 2.22. The highest BCUT2D eigenvalue weighted by Gasteiger charge is 2.17. The summed E-state index contributed by atoms with van der Waals surface area (Å²) in [5.41, 5.74) is 1.69. The fraction of sp³-hybridized carbons (Fsp3) is 0.625. The lowest BCUT2D eigenvalue weighted by Crippen LogP contribution is -2.46. The molecule has 1 fully saturated rings. The number of aryl methyl sites for hydroxylation is 1. The number of amides is 1. The van der Waals surface area contributed by atoms with Crippen LogP contribution >= 0.6 is 11.6 Å². The Morgan fingerprint density at radius 2 is 1.95 bits per heavy atom. The third kappa shape index (κ3) is 4.11. The minimum absolute atomic E-state index is 0.0418. The smallest absolute Gasteiger partial charge is 0.246 e. The van der Waals surface area contributed by atoms with E-state index in [0.717, 1.165) is 44.0 Å². The summed E-state index contributed by atoms with van der Waals surface area (Å²) in [5.74, 6) is 0.515. The molecule has 1 aliphatic rings. The average Bonchev–Trinajstić information content (AvgIpc) is 2.71. The first-order valence-electron chi connectivity index (χ1n) is 7.77. The fourth-order valence-electron chi connectivity index (χ4n) is 2.51. The molecule has 1 amide bonds. The van der Waals surface area contributed by atoms with Gasteiger partial charge in [0.1, 0.15) is 5.15 Å². The number of hydrogen-bond acceptors (Lipinski definition) is 3. The normalized spacial score (nSPS) is 16.9. The molecule has 22 heavy (non-hydrogen) atoms. The molecule has 6 heteroatoms. The molecule has 5 nitrogen and oxygen atoms in total. The van der Waals surface area contributed by atoms with Gasteiger partial charge in [-0.3, -0.25) is 9.48 Å². The largest absolute Gasteiger partial charge is 0.337 e. The van der Waals surface area contributed by atoms with Crippen molar-refractivity contribution in [2.24, 2.45) is 5.92 Å². The predicted octanol–water partition coefficient (Wildman–Crippen LogP) is 2.29. The van der Waals surface area contributed by atoms with E-state index in [1.807, 2.05) is 16.5 Å². The monoisotopic (exact) mass is 324 g/mol. The SMILES string of the molecule is Cc1nn(CC(C)C)c(Cl)c1/C=C/C(=O)N1CCN(C)CC1. The van der Waals surface area contributed by atoms with Gasteiger partial charge in [-0.15, -0.1) is 0 Å². The van der Waals surface area contributed by atoms with Crippen molar-refractivity contribution in [3.63, 3.8) is 0 Å². The Balaban J connectivity index is 2.06. The second-order valence-corrected chi connectivity index (χ2v) is 6.69. The number of hydrogen-bond donors (Lipinski definition) is 0. The van der Waals surface area contributed by atoms with Crippen molar-refractivity contribution in [1.82, 2.24) is 19.6 Å². The van der Waals surface area contributed by atoms with Gasteiger partial charge in [-0.25, -0.2) is 0 Å². The van der Waals surface area contributed by atoms with E-state index in [0.29, 0.717) is 11.1 Å². The van der Waals surface area contributed by atoms with E-state index in [-0.39, 0.29) is 5.91 Å². The highest BCUT2D eigenvalue weighted by molar-refractivity contribution is 6.31. The lowest BCUT2D eigenvalue weighted by Gasteiger charge is -2.31. The average molecular weight is 325 g/mol. The summed E-state index contributed by atoms with van der Waals surface area (Å²) in [7, 11) is 2.07. The zero-order chi connectivity index (χ0) is 16.3. The summed E-state index contributed by atoms with van der Waals surface area (Å²) < 4.78 is 1.81. The van der Waals surface area contributed by atoms with Crippen molar-refractivity contribution in [1.29, 1.82) is 0 Å². The van der Waals surface area contributed by atoms with Crippen molar-refractivity contribution in [3.05, 3.63) is 22.5 Å². The molecule has 1 aromatic heterocycles. The number of likely N-dealkylation sites (N-methyl/N-ethyl adjacent to an activating group) is 1. The van der Waals surface area contributed by atoms with E-state index < -0.39 is 0 Å². The van der Waals surface area contributed by atoms with E-state index in [1.165, 1.54) is 0 Å². The maximum atomic E-state index is 12.2. The van der Waals surface area contributed by atoms with Crippen molar-refractivity contribution in [3.8, 4) is 0 Å². The Morgan fingerprint density at radius 3 is 2.55 bits per heavy atom. The first kappa shape index (κ1) is 17.0. The lowest BCUT2D eigenvalue weighted by atomic mass is 10.2. The molecule has 0 spiro atoms. The predicted molar refractivity (Wildman–Crippen MR) is 89.9 cm³/mol. The van der Waals surface area contributed by atoms with Crippen LogP contribution in [-0.4, -0.2) is 58.7 Å². The number of nitrogens with zero attached hydrogens (tertiary/aromatic N) is 4. The zero-order valence-corrected chi connectivity index (χ0v) is 14.6. The molecule has 0 unspecified atom stereocenters. The summed E-state index contributed by atoms with van der Waals surface area (Å²) in [6.45, 7) is 10.3.